The van der Waals surface area contributed by atoms with Crippen LogP contribution in [0.3, 0.4) is 0 Å². The number of likely N-dealkylation sites (N-methyl/N-ethyl adjacent to an activating group) is 1. The van der Waals surface area contributed by atoms with Crippen LogP contribution in [0.25, 0.3) is 22.4 Å². The summed E-state index contributed by atoms with van der Waals surface area (Å²) in [6, 6.07) is 13.6. The first-order valence-corrected chi connectivity index (χ1v) is 10.2. The molecule has 0 unspecified atom stereocenters. The molecule has 7 heteroatoms. The maximum Gasteiger partial charge on any atom is 0.246 e. The molecule has 4 rings (SSSR count). The molecule has 0 spiro atoms. The number of benzene rings is 1. The molecule has 1 amide bonds. The van der Waals surface area contributed by atoms with Gasteiger partial charge in [0.25, 0.3) is 0 Å². The first-order valence-electron chi connectivity index (χ1n) is 10.2. The van der Waals surface area contributed by atoms with Crippen molar-refractivity contribution in [3.63, 3.8) is 0 Å². The number of amides is 1. The van der Waals surface area contributed by atoms with Gasteiger partial charge in [-0.2, -0.15) is 10.4 Å². The van der Waals surface area contributed by atoms with Crippen LogP contribution in [0.15, 0.2) is 60.9 Å². The van der Waals surface area contributed by atoms with Crippen LogP contribution >= 0.6 is 0 Å². The lowest BCUT2D eigenvalue weighted by Gasteiger charge is -2.27. The highest BCUT2D eigenvalue weighted by Crippen LogP contribution is 2.36. The molecule has 156 valence electrons. The molecule has 0 radical (unpaired) electrons. The number of pyridine rings is 1. The fourth-order valence-corrected chi connectivity index (χ4v) is 3.74. The van der Waals surface area contributed by atoms with Crippen LogP contribution in [0.4, 0.5) is 0 Å². The summed E-state index contributed by atoms with van der Waals surface area (Å²) in [6.07, 6.45) is 7.04. The van der Waals surface area contributed by atoms with Gasteiger partial charge in [0.05, 0.1) is 30.4 Å². The van der Waals surface area contributed by atoms with E-state index in [0.29, 0.717) is 25.2 Å². The number of fused-ring (bicyclic) bond motifs is 1. The van der Waals surface area contributed by atoms with Crippen LogP contribution in [0, 0.1) is 11.3 Å². The van der Waals surface area contributed by atoms with Crippen molar-refractivity contribution in [2.75, 3.05) is 27.2 Å². The van der Waals surface area contributed by atoms with E-state index in [9.17, 15) is 10.1 Å². The van der Waals surface area contributed by atoms with E-state index in [1.54, 1.807) is 24.5 Å². The fraction of sp³-hybridized carbons (Fsp3) is 0.250. The number of carbonyl (C=O) groups is 1. The summed E-state index contributed by atoms with van der Waals surface area (Å²) in [7, 11) is 3.94. The molecule has 31 heavy (non-hydrogen) atoms. The Hall–Kier alpha value is -3.76. The number of nitriles is 1. The zero-order chi connectivity index (χ0) is 21.8. The standard InChI is InChI=1S/C24H24N6O/c1-28(2)12-4-7-22(31)29-13-14-30-21(17-29)23(19-8-10-26-11-9-19)24(27-30)20-6-3-5-18(15-20)16-25/h3-11,15H,12-14,17H2,1-2H3/b7-4+. The third-order valence-corrected chi connectivity index (χ3v) is 5.26. The predicted molar refractivity (Wildman–Crippen MR) is 119 cm³/mol. The van der Waals surface area contributed by atoms with E-state index in [0.717, 1.165) is 34.6 Å². The molecule has 0 saturated carbocycles. The molecule has 2 aromatic heterocycles. The Morgan fingerprint density at radius 3 is 2.74 bits per heavy atom. The summed E-state index contributed by atoms with van der Waals surface area (Å²) < 4.78 is 1.98. The average Bonchev–Trinajstić information content (AvgIpc) is 3.18. The SMILES string of the molecule is CN(C)C/C=C/C(=O)N1CCn2nc(-c3cccc(C#N)c3)c(-c3ccncc3)c2C1. The third kappa shape index (κ3) is 4.39. The summed E-state index contributed by atoms with van der Waals surface area (Å²) in [5.74, 6) is 0.00278. The zero-order valence-electron chi connectivity index (χ0n) is 17.7. The van der Waals surface area contributed by atoms with Gasteiger partial charge in [0.2, 0.25) is 5.91 Å². The number of carbonyl (C=O) groups excluding carboxylic acids is 1. The lowest BCUT2D eigenvalue weighted by Crippen LogP contribution is -2.37. The Balaban J connectivity index is 1.74. The van der Waals surface area contributed by atoms with Gasteiger partial charge in [0, 0.05) is 42.7 Å². The van der Waals surface area contributed by atoms with Crippen molar-refractivity contribution in [3.8, 4) is 28.5 Å². The van der Waals surface area contributed by atoms with E-state index in [2.05, 4.69) is 11.1 Å². The van der Waals surface area contributed by atoms with Gasteiger partial charge in [-0.25, -0.2) is 0 Å². The number of hydrogen-bond donors (Lipinski definition) is 0. The van der Waals surface area contributed by atoms with Gasteiger partial charge in [-0.05, 0) is 43.9 Å². The molecule has 0 aliphatic carbocycles. The number of aromatic nitrogens is 3. The van der Waals surface area contributed by atoms with Crippen molar-refractivity contribution < 1.29 is 4.79 Å². The van der Waals surface area contributed by atoms with Crippen LogP contribution in [0.5, 0.6) is 0 Å². The summed E-state index contributed by atoms with van der Waals surface area (Å²) in [4.78, 5) is 20.7. The third-order valence-electron chi connectivity index (χ3n) is 5.26. The maximum absolute atomic E-state index is 12.7. The van der Waals surface area contributed by atoms with Crippen molar-refractivity contribution in [1.29, 1.82) is 5.26 Å². The van der Waals surface area contributed by atoms with Gasteiger partial charge in [-0.1, -0.05) is 18.2 Å². The molecule has 1 aliphatic heterocycles. The molecular formula is C24H24N6O. The first-order chi connectivity index (χ1) is 15.1. The molecule has 0 bridgehead atoms. The minimum atomic E-state index is 0.00278. The topological polar surface area (TPSA) is 78.0 Å². The monoisotopic (exact) mass is 412 g/mol. The second kappa shape index (κ2) is 8.94. The van der Waals surface area contributed by atoms with E-state index in [1.807, 2.05) is 65.0 Å². The van der Waals surface area contributed by atoms with Gasteiger partial charge in [0.1, 0.15) is 5.69 Å². The van der Waals surface area contributed by atoms with Gasteiger partial charge in [-0.15, -0.1) is 0 Å². The second-order valence-corrected chi connectivity index (χ2v) is 7.75. The fourth-order valence-electron chi connectivity index (χ4n) is 3.74. The minimum Gasteiger partial charge on any atom is -0.331 e. The van der Waals surface area contributed by atoms with Crippen LogP contribution in [0.1, 0.15) is 11.3 Å². The van der Waals surface area contributed by atoms with Crippen LogP contribution in [0.2, 0.25) is 0 Å². The number of rotatable bonds is 5. The van der Waals surface area contributed by atoms with Gasteiger partial charge in [0.15, 0.2) is 0 Å². The van der Waals surface area contributed by atoms with Crippen LogP contribution < -0.4 is 0 Å². The molecule has 0 saturated heterocycles. The Morgan fingerprint density at radius 2 is 2.00 bits per heavy atom. The van der Waals surface area contributed by atoms with Crippen molar-refractivity contribution in [3.05, 3.63) is 72.2 Å². The predicted octanol–water partition coefficient (Wildman–Crippen LogP) is 2.94. The van der Waals surface area contributed by atoms with Gasteiger partial charge < -0.3 is 9.80 Å². The maximum atomic E-state index is 12.7. The largest absolute Gasteiger partial charge is 0.331 e. The summed E-state index contributed by atoms with van der Waals surface area (Å²) >= 11 is 0. The van der Waals surface area contributed by atoms with Crippen LogP contribution in [-0.2, 0) is 17.9 Å². The Kier molecular flexibility index (Phi) is 5.92. The van der Waals surface area contributed by atoms with E-state index in [4.69, 9.17) is 5.10 Å². The highest BCUT2D eigenvalue weighted by Gasteiger charge is 2.27. The molecule has 1 aliphatic rings. The minimum absolute atomic E-state index is 0.00278. The number of hydrogen-bond acceptors (Lipinski definition) is 5. The van der Waals surface area contributed by atoms with Crippen molar-refractivity contribution in [1.82, 2.24) is 24.6 Å². The molecule has 7 nitrogen and oxygen atoms in total. The lowest BCUT2D eigenvalue weighted by molar-refractivity contribution is -0.127. The molecule has 1 aromatic carbocycles. The first kappa shape index (κ1) is 20.5. The molecule has 3 heterocycles. The summed E-state index contributed by atoms with van der Waals surface area (Å²) in [6.45, 7) is 2.43. The van der Waals surface area contributed by atoms with Crippen LogP contribution in [-0.4, -0.2) is 57.7 Å². The van der Waals surface area contributed by atoms with E-state index < -0.39 is 0 Å². The highest BCUT2D eigenvalue weighted by atomic mass is 16.2. The quantitative estimate of drug-likeness (QED) is 0.602. The van der Waals surface area contributed by atoms with E-state index >= 15 is 0 Å². The Labute approximate surface area is 181 Å². The Morgan fingerprint density at radius 1 is 1.19 bits per heavy atom. The molecule has 0 N–H and O–H groups in total. The van der Waals surface area contributed by atoms with Crippen molar-refractivity contribution >= 4 is 5.91 Å². The highest BCUT2D eigenvalue weighted by molar-refractivity contribution is 5.88. The van der Waals surface area contributed by atoms with Crippen molar-refractivity contribution in [2.24, 2.45) is 0 Å². The van der Waals surface area contributed by atoms with E-state index in [1.165, 1.54) is 0 Å². The smallest absolute Gasteiger partial charge is 0.246 e. The molecular weight excluding hydrogens is 388 g/mol. The van der Waals surface area contributed by atoms with Gasteiger partial charge in [-0.3, -0.25) is 14.5 Å². The second-order valence-electron chi connectivity index (χ2n) is 7.75. The summed E-state index contributed by atoms with van der Waals surface area (Å²) in [5.41, 5.74) is 5.25. The molecule has 0 fully saturated rings. The average molecular weight is 412 g/mol. The van der Waals surface area contributed by atoms with Crippen molar-refractivity contribution in [2.45, 2.75) is 13.1 Å². The molecule has 0 atom stereocenters. The number of nitrogens with zero attached hydrogens (tertiary/aromatic N) is 6. The van der Waals surface area contributed by atoms with Gasteiger partial charge >= 0.3 is 0 Å². The Bertz CT molecular complexity index is 1160. The molecule has 3 aromatic rings. The van der Waals surface area contributed by atoms with E-state index in [-0.39, 0.29) is 5.91 Å². The normalized spacial score (nSPS) is 13.4. The summed E-state index contributed by atoms with van der Waals surface area (Å²) in [5, 5.41) is 14.2. The zero-order valence-corrected chi connectivity index (χ0v) is 17.7. The lowest BCUT2D eigenvalue weighted by atomic mass is 9.98.